The van der Waals surface area contributed by atoms with Crippen molar-refractivity contribution >= 4 is 21.1 Å². The van der Waals surface area contributed by atoms with E-state index in [1.54, 1.807) is 24.3 Å². The third-order valence-electron chi connectivity index (χ3n) is 1.28. The Kier molecular flexibility index (Phi) is 3.15. The zero-order valence-corrected chi connectivity index (χ0v) is 7.77. The minimum Gasteiger partial charge on any atom is -0.493 e. The highest BCUT2D eigenvalue weighted by atomic mass is 27.0. The molecule has 0 atom stereocenters. The van der Waals surface area contributed by atoms with Crippen LogP contribution in [0.25, 0.3) is 0 Å². The Morgan fingerprint density at radius 3 is 2.42 bits per heavy atom. The third kappa shape index (κ3) is 2.26. The first-order valence-corrected chi connectivity index (χ1v) is 3.92. The van der Waals surface area contributed by atoms with E-state index < -0.39 is 4.83 Å². The third-order valence-corrected chi connectivity index (χ3v) is 1.40. The first-order chi connectivity index (χ1) is 5.74. The molecule has 0 spiro atoms. The SMILES string of the molecule is COc1ccccc1O[C](=O)[Al]. The molecule has 4 heteroatoms. The van der Waals surface area contributed by atoms with Gasteiger partial charge in [-0.3, -0.25) is 4.79 Å². The van der Waals surface area contributed by atoms with Crippen LogP contribution in [0.15, 0.2) is 24.3 Å². The second-order valence-electron chi connectivity index (χ2n) is 2.07. The Morgan fingerprint density at radius 1 is 1.33 bits per heavy atom. The van der Waals surface area contributed by atoms with Crippen LogP contribution < -0.4 is 9.47 Å². The second kappa shape index (κ2) is 4.15. The smallest absolute Gasteiger partial charge is 0.318 e. The van der Waals surface area contributed by atoms with Crippen molar-refractivity contribution in [1.82, 2.24) is 0 Å². The van der Waals surface area contributed by atoms with Crippen LogP contribution in [0.3, 0.4) is 0 Å². The molecule has 12 heavy (non-hydrogen) atoms. The van der Waals surface area contributed by atoms with Gasteiger partial charge in [0.15, 0.2) is 16.3 Å². The number of methoxy groups -OCH3 is 1. The van der Waals surface area contributed by atoms with Gasteiger partial charge in [-0.05, 0) is 12.1 Å². The first-order valence-electron chi connectivity index (χ1n) is 3.34. The van der Waals surface area contributed by atoms with Crippen molar-refractivity contribution in [3.05, 3.63) is 24.3 Å². The molecule has 0 aromatic heterocycles. The molecular weight excluding hydrogens is 171 g/mol. The van der Waals surface area contributed by atoms with E-state index in [-0.39, 0.29) is 0 Å². The quantitative estimate of drug-likeness (QED) is 0.641. The van der Waals surface area contributed by atoms with E-state index >= 15 is 0 Å². The van der Waals surface area contributed by atoms with Crippen molar-refractivity contribution in [2.45, 2.75) is 0 Å². The maximum absolute atomic E-state index is 10.6. The summed E-state index contributed by atoms with van der Waals surface area (Å²) in [5.74, 6) is 0.980. The highest BCUT2D eigenvalue weighted by Gasteiger charge is 2.02. The zero-order chi connectivity index (χ0) is 8.97. The molecule has 0 bridgehead atoms. The lowest BCUT2D eigenvalue weighted by molar-refractivity contribution is 0.223. The number of rotatable bonds is 2. The van der Waals surface area contributed by atoms with Gasteiger partial charge in [0.1, 0.15) is 0 Å². The molecule has 1 aromatic carbocycles. The molecule has 0 fully saturated rings. The molecule has 0 aliphatic rings. The van der Waals surface area contributed by atoms with E-state index in [1.165, 1.54) is 7.11 Å². The van der Waals surface area contributed by atoms with Crippen LogP contribution >= 0.6 is 0 Å². The fourth-order valence-electron chi connectivity index (χ4n) is 0.811. The summed E-state index contributed by atoms with van der Waals surface area (Å²) in [6.45, 7) is 0. The summed E-state index contributed by atoms with van der Waals surface area (Å²) in [5, 5.41) is 0. The second-order valence-corrected chi connectivity index (χ2v) is 2.54. The predicted molar refractivity (Wildman–Crippen MR) is 44.8 cm³/mol. The van der Waals surface area contributed by atoms with E-state index in [0.717, 1.165) is 0 Å². The molecule has 0 unspecified atom stereocenters. The van der Waals surface area contributed by atoms with Crippen molar-refractivity contribution in [2.75, 3.05) is 7.11 Å². The molecule has 0 saturated heterocycles. The highest BCUT2D eigenvalue weighted by molar-refractivity contribution is 6.55. The van der Waals surface area contributed by atoms with Crippen molar-refractivity contribution in [3.63, 3.8) is 0 Å². The first kappa shape index (κ1) is 9.11. The van der Waals surface area contributed by atoms with Crippen molar-refractivity contribution in [1.29, 1.82) is 0 Å². The molecule has 1 rings (SSSR count). The summed E-state index contributed by atoms with van der Waals surface area (Å²) >= 11 is 1.93. The van der Waals surface area contributed by atoms with Crippen LogP contribution in [0, 0.1) is 0 Å². The molecule has 1 aromatic rings. The van der Waals surface area contributed by atoms with Gasteiger partial charge in [-0.25, -0.2) is 0 Å². The van der Waals surface area contributed by atoms with Crippen LogP contribution in [0.4, 0.5) is 4.79 Å². The fraction of sp³-hybridized carbons (Fsp3) is 0.125. The van der Waals surface area contributed by atoms with Crippen LogP contribution in [0.5, 0.6) is 11.5 Å². The lowest BCUT2D eigenvalue weighted by atomic mass is 10.3. The van der Waals surface area contributed by atoms with Crippen molar-refractivity contribution in [3.8, 4) is 11.5 Å². The minimum atomic E-state index is -0.431. The van der Waals surface area contributed by atoms with Crippen molar-refractivity contribution in [2.24, 2.45) is 0 Å². The summed E-state index contributed by atoms with van der Waals surface area (Å²) < 4.78 is 9.80. The summed E-state index contributed by atoms with van der Waals surface area (Å²) in [7, 11) is 1.52. The summed E-state index contributed by atoms with van der Waals surface area (Å²) in [4.78, 5) is 10.1. The van der Waals surface area contributed by atoms with Gasteiger partial charge in [0.25, 0.3) is 0 Å². The van der Waals surface area contributed by atoms with Crippen LogP contribution in [-0.4, -0.2) is 28.2 Å². The fourth-order valence-corrected chi connectivity index (χ4v) is 0.938. The number of para-hydroxylation sites is 2. The number of hydrogen-bond donors (Lipinski definition) is 0. The maximum atomic E-state index is 10.6. The minimum absolute atomic E-state index is 0.431. The average molecular weight is 178 g/mol. The van der Waals surface area contributed by atoms with Crippen molar-refractivity contribution < 1.29 is 14.3 Å². The van der Waals surface area contributed by atoms with Gasteiger partial charge < -0.3 is 9.47 Å². The maximum Gasteiger partial charge on any atom is 0.318 e. The Hall–Kier alpha value is -0.978. The average Bonchev–Trinajstić information content (AvgIpc) is 2.04. The van der Waals surface area contributed by atoms with Crippen LogP contribution in [0.2, 0.25) is 0 Å². The molecule has 0 heterocycles. The lowest BCUT2D eigenvalue weighted by Crippen LogP contribution is -2.04. The van der Waals surface area contributed by atoms with Crippen LogP contribution in [-0.2, 0) is 0 Å². The zero-order valence-electron chi connectivity index (χ0n) is 6.61. The lowest BCUT2D eigenvalue weighted by Gasteiger charge is -2.06. The monoisotopic (exact) mass is 178 g/mol. The van der Waals surface area contributed by atoms with E-state index in [0.29, 0.717) is 11.5 Å². The van der Waals surface area contributed by atoms with E-state index in [9.17, 15) is 4.79 Å². The molecule has 0 aliphatic carbocycles. The van der Waals surface area contributed by atoms with E-state index in [1.807, 2.05) is 16.3 Å². The van der Waals surface area contributed by atoms with E-state index in [4.69, 9.17) is 9.47 Å². The summed E-state index contributed by atoms with van der Waals surface area (Å²) in [5.41, 5.74) is 0. The Labute approximate surface area is 78.7 Å². The Morgan fingerprint density at radius 2 is 1.92 bits per heavy atom. The molecule has 3 nitrogen and oxygen atoms in total. The van der Waals surface area contributed by atoms with Gasteiger partial charge in [0.05, 0.1) is 7.11 Å². The van der Waals surface area contributed by atoms with Gasteiger partial charge in [-0.1, -0.05) is 12.1 Å². The van der Waals surface area contributed by atoms with Gasteiger partial charge >= 0.3 is 16.3 Å². The molecule has 2 radical (unpaired) electrons. The number of carbonyl (C=O) groups is 1. The molecule has 60 valence electrons. The predicted octanol–water partition coefficient (Wildman–Crippen LogP) is 1.36. The van der Waals surface area contributed by atoms with Gasteiger partial charge in [-0.15, -0.1) is 0 Å². The summed E-state index contributed by atoms with van der Waals surface area (Å²) in [6.07, 6.45) is 0. The number of hydrogen-bond acceptors (Lipinski definition) is 3. The topological polar surface area (TPSA) is 35.5 Å². The molecular formula is C8H7AlO3. The number of ether oxygens (including phenoxy) is 2. The van der Waals surface area contributed by atoms with Crippen LogP contribution in [0.1, 0.15) is 0 Å². The molecule has 0 saturated carbocycles. The normalized spacial score (nSPS) is 9.08. The van der Waals surface area contributed by atoms with E-state index in [2.05, 4.69) is 0 Å². The highest BCUT2D eigenvalue weighted by Crippen LogP contribution is 2.25. The number of carbonyl (C=O) groups excluding carboxylic acids is 1. The Balaban J connectivity index is 2.89. The largest absolute Gasteiger partial charge is 0.493 e. The van der Waals surface area contributed by atoms with Gasteiger partial charge in [0, 0.05) is 0 Å². The molecule has 0 aliphatic heterocycles. The van der Waals surface area contributed by atoms with Gasteiger partial charge in [0.2, 0.25) is 0 Å². The number of benzene rings is 1. The standard InChI is InChI=1S/C8H7O3.Al/c1-10-7-4-2-3-5-8(7)11-6-9;/h2-5H,1H3;. The molecule has 0 N–H and O–H groups in total. The Bertz CT molecular complexity index is 285. The molecule has 0 amide bonds. The summed E-state index contributed by atoms with van der Waals surface area (Å²) in [6, 6.07) is 6.97. The van der Waals surface area contributed by atoms with Gasteiger partial charge in [-0.2, -0.15) is 0 Å².